The molecule has 0 unspecified atom stereocenters. The molecule has 2 atom stereocenters. The lowest BCUT2D eigenvalue weighted by Crippen LogP contribution is -2.46. The molecule has 1 heterocycles. The van der Waals surface area contributed by atoms with E-state index in [0.717, 1.165) is 5.56 Å². The van der Waals surface area contributed by atoms with Gasteiger partial charge in [0, 0.05) is 18.1 Å². The van der Waals surface area contributed by atoms with Gasteiger partial charge in [0.15, 0.2) is 0 Å². The molecule has 0 aliphatic carbocycles. The lowest BCUT2D eigenvalue weighted by atomic mass is 9.98. The van der Waals surface area contributed by atoms with Crippen LogP contribution in [0.25, 0.3) is 0 Å². The van der Waals surface area contributed by atoms with Crippen LogP contribution in [0.5, 0.6) is 0 Å². The maximum absolute atomic E-state index is 12.8. The number of nitrogens with zero attached hydrogens (tertiary/aromatic N) is 1. The average molecular weight is 421 g/mol. The molecule has 1 fully saturated rings. The van der Waals surface area contributed by atoms with Crippen LogP contribution in [0.3, 0.4) is 0 Å². The maximum atomic E-state index is 12.8. The van der Waals surface area contributed by atoms with Crippen molar-refractivity contribution >= 4 is 27.5 Å². The SMILES string of the molecule is C[C@H](NC(=O)[C@H]1CCCN(S(=O)(=O)Cc2cccc(Cl)c2)C1)c1ccccc1. The summed E-state index contributed by atoms with van der Waals surface area (Å²) in [7, 11) is -3.51. The Morgan fingerprint density at radius 1 is 1.21 bits per heavy atom. The largest absolute Gasteiger partial charge is 0.349 e. The van der Waals surface area contributed by atoms with Crippen LogP contribution >= 0.6 is 11.6 Å². The van der Waals surface area contributed by atoms with E-state index in [2.05, 4.69) is 5.32 Å². The Bertz CT molecular complexity index is 918. The predicted molar refractivity (Wildman–Crippen MR) is 111 cm³/mol. The van der Waals surface area contributed by atoms with Crippen LogP contribution in [0.4, 0.5) is 0 Å². The molecule has 7 heteroatoms. The molecule has 1 N–H and O–H groups in total. The van der Waals surface area contributed by atoms with Gasteiger partial charge >= 0.3 is 0 Å². The standard InChI is InChI=1S/C21H25ClN2O3S/c1-16(18-8-3-2-4-9-18)23-21(25)19-10-6-12-24(14-19)28(26,27)15-17-7-5-11-20(22)13-17/h2-5,7-9,11,13,16,19H,6,10,12,14-15H2,1H3,(H,23,25)/t16-,19-/m0/s1. The van der Waals surface area contributed by atoms with Gasteiger partial charge < -0.3 is 5.32 Å². The lowest BCUT2D eigenvalue weighted by Gasteiger charge is -2.32. The van der Waals surface area contributed by atoms with Gasteiger partial charge in [-0.1, -0.05) is 54.1 Å². The summed E-state index contributed by atoms with van der Waals surface area (Å²) in [5, 5.41) is 3.53. The molecule has 2 aromatic carbocycles. The number of rotatable bonds is 6. The van der Waals surface area contributed by atoms with Crippen LogP contribution in [0.15, 0.2) is 54.6 Å². The number of hydrogen-bond acceptors (Lipinski definition) is 3. The zero-order valence-electron chi connectivity index (χ0n) is 15.8. The molecule has 28 heavy (non-hydrogen) atoms. The third-order valence-electron chi connectivity index (χ3n) is 5.04. The first-order chi connectivity index (χ1) is 13.3. The number of nitrogens with one attached hydrogen (secondary N) is 1. The minimum Gasteiger partial charge on any atom is -0.349 e. The molecule has 0 aromatic heterocycles. The van der Waals surface area contributed by atoms with Crippen molar-refractivity contribution in [2.75, 3.05) is 13.1 Å². The van der Waals surface area contributed by atoms with Gasteiger partial charge in [-0.25, -0.2) is 12.7 Å². The number of sulfonamides is 1. The molecule has 1 aliphatic rings. The van der Waals surface area contributed by atoms with Gasteiger partial charge in [0.2, 0.25) is 15.9 Å². The molecule has 150 valence electrons. The van der Waals surface area contributed by atoms with Crippen LogP contribution in [0.1, 0.15) is 36.9 Å². The fourth-order valence-electron chi connectivity index (χ4n) is 3.49. The summed E-state index contributed by atoms with van der Waals surface area (Å²) < 4.78 is 27.1. The van der Waals surface area contributed by atoms with E-state index in [1.807, 2.05) is 37.3 Å². The minimum atomic E-state index is -3.51. The average Bonchev–Trinajstić information content (AvgIpc) is 2.68. The zero-order valence-corrected chi connectivity index (χ0v) is 17.4. The first-order valence-corrected chi connectivity index (χ1v) is 11.4. The fourth-order valence-corrected chi connectivity index (χ4v) is 5.30. The Morgan fingerprint density at radius 2 is 1.96 bits per heavy atom. The second kappa shape index (κ2) is 9.07. The lowest BCUT2D eigenvalue weighted by molar-refractivity contribution is -0.126. The van der Waals surface area contributed by atoms with Crippen LogP contribution in [-0.4, -0.2) is 31.7 Å². The fraction of sp³-hybridized carbons (Fsp3) is 0.381. The van der Waals surface area contributed by atoms with Crippen molar-refractivity contribution < 1.29 is 13.2 Å². The summed E-state index contributed by atoms with van der Waals surface area (Å²) >= 11 is 5.96. The highest BCUT2D eigenvalue weighted by Crippen LogP contribution is 2.23. The molecule has 3 rings (SSSR count). The summed E-state index contributed by atoms with van der Waals surface area (Å²) in [6.45, 7) is 2.60. The van der Waals surface area contributed by atoms with Gasteiger partial charge in [-0.2, -0.15) is 0 Å². The van der Waals surface area contributed by atoms with Crippen molar-refractivity contribution in [3.8, 4) is 0 Å². The van der Waals surface area contributed by atoms with E-state index in [1.165, 1.54) is 4.31 Å². The van der Waals surface area contributed by atoms with Crippen molar-refractivity contribution in [1.82, 2.24) is 9.62 Å². The highest BCUT2D eigenvalue weighted by molar-refractivity contribution is 7.88. The molecule has 2 aromatic rings. The minimum absolute atomic E-state index is 0.0981. The molecule has 1 aliphatic heterocycles. The monoisotopic (exact) mass is 420 g/mol. The normalized spacial score (nSPS) is 19.1. The van der Waals surface area contributed by atoms with E-state index in [1.54, 1.807) is 24.3 Å². The van der Waals surface area contributed by atoms with Gasteiger partial charge in [-0.15, -0.1) is 0 Å². The number of carbonyl (C=O) groups is 1. The van der Waals surface area contributed by atoms with Gasteiger partial charge in [0.25, 0.3) is 0 Å². The molecule has 0 spiro atoms. The first kappa shape index (κ1) is 20.8. The van der Waals surface area contributed by atoms with Crippen molar-refractivity contribution in [2.24, 2.45) is 5.92 Å². The highest BCUT2D eigenvalue weighted by atomic mass is 35.5. The topological polar surface area (TPSA) is 66.5 Å². The molecular formula is C21H25ClN2O3S. The smallest absolute Gasteiger partial charge is 0.224 e. The second-order valence-electron chi connectivity index (χ2n) is 7.22. The van der Waals surface area contributed by atoms with Crippen LogP contribution in [0, 0.1) is 5.92 Å². The third kappa shape index (κ3) is 5.34. The Hall–Kier alpha value is -1.89. The maximum Gasteiger partial charge on any atom is 0.224 e. The predicted octanol–water partition coefficient (Wildman–Crippen LogP) is 3.76. The van der Waals surface area contributed by atoms with Crippen LogP contribution < -0.4 is 5.32 Å². The molecule has 0 bridgehead atoms. The summed E-state index contributed by atoms with van der Waals surface area (Å²) in [4.78, 5) is 12.7. The molecule has 0 radical (unpaired) electrons. The number of benzene rings is 2. The van der Waals surface area contributed by atoms with E-state index in [4.69, 9.17) is 11.6 Å². The zero-order chi connectivity index (χ0) is 20.1. The number of halogens is 1. The van der Waals surface area contributed by atoms with Crippen LogP contribution in [0.2, 0.25) is 5.02 Å². The molecule has 5 nitrogen and oxygen atoms in total. The number of amides is 1. The van der Waals surface area contributed by atoms with Crippen molar-refractivity contribution in [2.45, 2.75) is 31.6 Å². The molecule has 0 saturated carbocycles. The summed E-state index contributed by atoms with van der Waals surface area (Å²) in [6, 6.07) is 16.5. The van der Waals surface area contributed by atoms with Crippen molar-refractivity contribution in [1.29, 1.82) is 0 Å². The Kier molecular flexibility index (Phi) is 6.75. The highest BCUT2D eigenvalue weighted by Gasteiger charge is 2.32. The number of carbonyl (C=O) groups excluding carboxylic acids is 1. The first-order valence-electron chi connectivity index (χ1n) is 9.43. The molecule has 1 amide bonds. The van der Waals surface area contributed by atoms with Crippen LogP contribution in [-0.2, 0) is 20.6 Å². The van der Waals surface area contributed by atoms with Crippen molar-refractivity contribution in [3.63, 3.8) is 0 Å². The Labute approximate surface area is 171 Å². The second-order valence-corrected chi connectivity index (χ2v) is 9.63. The molecular weight excluding hydrogens is 396 g/mol. The Morgan fingerprint density at radius 3 is 2.68 bits per heavy atom. The summed E-state index contributed by atoms with van der Waals surface area (Å²) in [5.74, 6) is -0.546. The van der Waals surface area contributed by atoms with E-state index in [9.17, 15) is 13.2 Å². The Balaban J connectivity index is 1.63. The molecule has 1 saturated heterocycles. The van der Waals surface area contributed by atoms with Gasteiger partial charge in [0.05, 0.1) is 17.7 Å². The van der Waals surface area contributed by atoms with E-state index >= 15 is 0 Å². The van der Waals surface area contributed by atoms with E-state index < -0.39 is 10.0 Å². The van der Waals surface area contributed by atoms with Gasteiger partial charge in [-0.3, -0.25) is 4.79 Å². The number of hydrogen-bond donors (Lipinski definition) is 1. The number of piperidine rings is 1. The van der Waals surface area contributed by atoms with Gasteiger partial charge in [-0.05, 0) is 43.0 Å². The van der Waals surface area contributed by atoms with E-state index in [-0.39, 0.29) is 30.2 Å². The summed E-state index contributed by atoms with van der Waals surface area (Å²) in [6.07, 6.45) is 1.36. The van der Waals surface area contributed by atoms with Crippen molar-refractivity contribution in [3.05, 3.63) is 70.7 Å². The third-order valence-corrected chi connectivity index (χ3v) is 7.10. The quantitative estimate of drug-likeness (QED) is 0.773. The van der Waals surface area contributed by atoms with Gasteiger partial charge in [0.1, 0.15) is 0 Å². The van der Waals surface area contributed by atoms with E-state index in [0.29, 0.717) is 30.0 Å². The summed E-state index contributed by atoms with van der Waals surface area (Å²) in [5.41, 5.74) is 1.67.